The third kappa shape index (κ3) is 3.53. The average molecular weight is 188 g/mol. The lowest BCUT2D eigenvalue weighted by molar-refractivity contribution is 0.414. The van der Waals surface area contributed by atoms with Crippen LogP contribution >= 0.6 is 0 Å². The van der Waals surface area contributed by atoms with Gasteiger partial charge >= 0.3 is 0 Å². The van der Waals surface area contributed by atoms with Gasteiger partial charge in [0.15, 0.2) is 0 Å². The van der Waals surface area contributed by atoms with Gasteiger partial charge in [0.05, 0.1) is 7.11 Å². The predicted molar refractivity (Wildman–Crippen MR) is 59.4 cm³/mol. The number of hydrogen-bond donors (Lipinski definition) is 0. The fraction of sp³-hybridized carbons (Fsp3) is 0.385. The van der Waals surface area contributed by atoms with Crippen molar-refractivity contribution in [2.24, 2.45) is 0 Å². The summed E-state index contributed by atoms with van der Waals surface area (Å²) in [5.74, 6) is 7.14. The van der Waals surface area contributed by atoms with Crippen LogP contribution in [-0.4, -0.2) is 7.11 Å². The Morgan fingerprint density at radius 1 is 1.36 bits per heavy atom. The van der Waals surface area contributed by atoms with Crippen LogP contribution in [0.3, 0.4) is 0 Å². The molecule has 74 valence electrons. The third-order valence-corrected chi connectivity index (χ3v) is 1.96. The first-order chi connectivity index (χ1) is 6.86. The van der Waals surface area contributed by atoms with Crippen LogP contribution in [0.5, 0.6) is 5.75 Å². The molecule has 1 nitrogen and oxygen atoms in total. The van der Waals surface area contributed by atoms with Gasteiger partial charge in [-0.1, -0.05) is 31.3 Å². The summed E-state index contributed by atoms with van der Waals surface area (Å²) in [6.45, 7) is 2.17. The van der Waals surface area contributed by atoms with Crippen LogP contribution in [0.4, 0.5) is 0 Å². The molecule has 0 saturated carbocycles. The minimum absolute atomic E-state index is 0.868. The molecule has 0 atom stereocenters. The fourth-order valence-corrected chi connectivity index (χ4v) is 1.13. The van der Waals surface area contributed by atoms with E-state index in [1.807, 2.05) is 24.3 Å². The van der Waals surface area contributed by atoms with Crippen molar-refractivity contribution >= 4 is 0 Å². The van der Waals surface area contributed by atoms with Gasteiger partial charge in [-0.3, -0.25) is 0 Å². The summed E-state index contributed by atoms with van der Waals surface area (Å²) in [4.78, 5) is 0. The van der Waals surface area contributed by atoms with Crippen LogP contribution in [0, 0.1) is 11.8 Å². The van der Waals surface area contributed by atoms with Crippen LogP contribution in [0.2, 0.25) is 0 Å². The molecule has 0 bridgehead atoms. The SMILES string of the molecule is CCCCC#Cc1cccc(OC)c1. The van der Waals surface area contributed by atoms with Crippen LogP contribution < -0.4 is 4.74 Å². The largest absolute Gasteiger partial charge is 0.497 e. The zero-order chi connectivity index (χ0) is 10.2. The van der Waals surface area contributed by atoms with Gasteiger partial charge in [0.2, 0.25) is 0 Å². The van der Waals surface area contributed by atoms with Gasteiger partial charge in [0.25, 0.3) is 0 Å². The first-order valence-electron chi connectivity index (χ1n) is 4.99. The highest BCUT2D eigenvalue weighted by Gasteiger charge is 1.90. The van der Waals surface area contributed by atoms with Gasteiger partial charge in [-0.15, -0.1) is 0 Å². The number of hydrogen-bond acceptors (Lipinski definition) is 1. The second-order valence-corrected chi connectivity index (χ2v) is 3.14. The van der Waals surface area contributed by atoms with Crippen molar-refractivity contribution in [3.05, 3.63) is 29.8 Å². The van der Waals surface area contributed by atoms with Crippen LogP contribution in [0.15, 0.2) is 24.3 Å². The molecule has 14 heavy (non-hydrogen) atoms. The molecule has 0 N–H and O–H groups in total. The van der Waals surface area contributed by atoms with E-state index in [4.69, 9.17) is 4.74 Å². The molecular weight excluding hydrogens is 172 g/mol. The highest BCUT2D eigenvalue weighted by atomic mass is 16.5. The molecule has 0 spiro atoms. The number of methoxy groups -OCH3 is 1. The minimum atomic E-state index is 0.868. The molecular formula is C13H16O. The van der Waals surface area contributed by atoms with Gasteiger partial charge in [0.1, 0.15) is 5.75 Å². The van der Waals surface area contributed by atoms with E-state index in [9.17, 15) is 0 Å². The topological polar surface area (TPSA) is 9.23 Å². The second-order valence-electron chi connectivity index (χ2n) is 3.14. The smallest absolute Gasteiger partial charge is 0.120 e. The minimum Gasteiger partial charge on any atom is -0.497 e. The maximum atomic E-state index is 5.11. The summed E-state index contributed by atoms with van der Waals surface area (Å²) < 4.78 is 5.11. The zero-order valence-corrected chi connectivity index (χ0v) is 8.84. The van der Waals surface area contributed by atoms with Crippen molar-refractivity contribution in [2.75, 3.05) is 7.11 Å². The quantitative estimate of drug-likeness (QED) is 0.522. The van der Waals surface area contributed by atoms with E-state index in [2.05, 4.69) is 18.8 Å². The molecule has 0 radical (unpaired) electrons. The standard InChI is InChI=1S/C13H16O/c1-3-4-5-6-8-12-9-7-10-13(11-12)14-2/h7,9-11H,3-5H2,1-2H3. The van der Waals surface area contributed by atoms with Crippen LogP contribution in [0.25, 0.3) is 0 Å². The lowest BCUT2D eigenvalue weighted by Gasteiger charge is -1.98. The summed E-state index contributed by atoms with van der Waals surface area (Å²) in [6, 6.07) is 7.85. The molecule has 0 saturated heterocycles. The first-order valence-corrected chi connectivity index (χ1v) is 4.99. The second kappa shape index (κ2) is 6.10. The molecule has 0 aliphatic rings. The maximum absolute atomic E-state index is 5.11. The molecule has 1 aromatic rings. The Balaban J connectivity index is 2.60. The van der Waals surface area contributed by atoms with E-state index >= 15 is 0 Å². The van der Waals surface area contributed by atoms with E-state index in [0.717, 1.165) is 17.7 Å². The molecule has 1 rings (SSSR count). The highest BCUT2D eigenvalue weighted by molar-refractivity contribution is 5.39. The molecule has 0 aliphatic heterocycles. The van der Waals surface area contributed by atoms with E-state index in [0.29, 0.717) is 0 Å². The molecule has 0 amide bonds. The lowest BCUT2D eigenvalue weighted by atomic mass is 10.2. The lowest BCUT2D eigenvalue weighted by Crippen LogP contribution is -1.82. The third-order valence-electron chi connectivity index (χ3n) is 1.96. The first kappa shape index (κ1) is 10.7. The Labute approximate surface area is 86.1 Å². The van der Waals surface area contributed by atoms with Crippen molar-refractivity contribution < 1.29 is 4.74 Å². The van der Waals surface area contributed by atoms with Crippen LogP contribution in [-0.2, 0) is 0 Å². The van der Waals surface area contributed by atoms with Gasteiger partial charge in [0, 0.05) is 12.0 Å². The summed E-state index contributed by atoms with van der Waals surface area (Å²) in [5.41, 5.74) is 1.03. The normalized spacial score (nSPS) is 9.00. The molecule has 0 fully saturated rings. The maximum Gasteiger partial charge on any atom is 0.120 e. The van der Waals surface area contributed by atoms with E-state index < -0.39 is 0 Å². The summed E-state index contributed by atoms with van der Waals surface area (Å²) in [7, 11) is 1.67. The van der Waals surface area contributed by atoms with Gasteiger partial charge in [-0.2, -0.15) is 0 Å². The Kier molecular flexibility index (Phi) is 4.64. The van der Waals surface area contributed by atoms with Gasteiger partial charge < -0.3 is 4.74 Å². The Hall–Kier alpha value is -1.42. The van der Waals surface area contributed by atoms with Crippen molar-refractivity contribution in [3.8, 4) is 17.6 Å². The number of ether oxygens (including phenoxy) is 1. The monoisotopic (exact) mass is 188 g/mol. The summed E-state index contributed by atoms with van der Waals surface area (Å²) in [5, 5.41) is 0. The average Bonchev–Trinajstić information content (AvgIpc) is 2.25. The van der Waals surface area contributed by atoms with E-state index in [1.165, 1.54) is 12.8 Å². The van der Waals surface area contributed by atoms with Crippen molar-refractivity contribution in [2.45, 2.75) is 26.2 Å². The van der Waals surface area contributed by atoms with Crippen LogP contribution in [0.1, 0.15) is 31.7 Å². The Bertz CT molecular complexity index is 331. The molecule has 0 heterocycles. The Morgan fingerprint density at radius 2 is 2.21 bits per heavy atom. The molecule has 1 aromatic carbocycles. The number of unbranched alkanes of at least 4 members (excludes halogenated alkanes) is 2. The number of rotatable bonds is 3. The molecule has 0 aliphatic carbocycles. The van der Waals surface area contributed by atoms with Crippen molar-refractivity contribution in [1.82, 2.24) is 0 Å². The van der Waals surface area contributed by atoms with Crippen molar-refractivity contribution in [3.63, 3.8) is 0 Å². The van der Waals surface area contributed by atoms with Crippen molar-refractivity contribution in [1.29, 1.82) is 0 Å². The highest BCUT2D eigenvalue weighted by Crippen LogP contribution is 2.11. The molecule has 0 unspecified atom stereocenters. The van der Waals surface area contributed by atoms with E-state index in [1.54, 1.807) is 7.11 Å². The fourth-order valence-electron chi connectivity index (χ4n) is 1.13. The van der Waals surface area contributed by atoms with Gasteiger partial charge in [-0.05, 0) is 24.6 Å². The van der Waals surface area contributed by atoms with Gasteiger partial charge in [-0.25, -0.2) is 0 Å². The summed E-state index contributed by atoms with van der Waals surface area (Å²) in [6.07, 6.45) is 3.36. The zero-order valence-electron chi connectivity index (χ0n) is 8.84. The molecule has 1 heteroatoms. The Morgan fingerprint density at radius 3 is 2.93 bits per heavy atom. The number of benzene rings is 1. The summed E-state index contributed by atoms with van der Waals surface area (Å²) >= 11 is 0. The van der Waals surface area contributed by atoms with E-state index in [-0.39, 0.29) is 0 Å². The molecule has 0 aromatic heterocycles. The predicted octanol–water partition coefficient (Wildman–Crippen LogP) is 3.24.